The topological polar surface area (TPSA) is 4.93 Å². The summed E-state index contributed by atoms with van der Waals surface area (Å²) in [6.45, 7) is 0. The minimum absolute atomic E-state index is 1.20. The van der Waals surface area contributed by atoms with Crippen molar-refractivity contribution in [2.45, 2.75) is 0 Å². The summed E-state index contributed by atoms with van der Waals surface area (Å²) in [5.41, 5.74) is 6.24. The molecule has 0 bridgehead atoms. The van der Waals surface area contributed by atoms with Crippen molar-refractivity contribution in [1.29, 1.82) is 0 Å². The van der Waals surface area contributed by atoms with Crippen LogP contribution in [0.3, 0.4) is 0 Å². The fourth-order valence-corrected chi connectivity index (χ4v) is 6.08. The first-order chi connectivity index (χ1) is 15.9. The summed E-state index contributed by atoms with van der Waals surface area (Å²) in [5, 5.41) is 5.28. The number of thiophene rings is 1. The molecule has 0 fully saturated rings. The van der Waals surface area contributed by atoms with Gasteiger partial charge < -0.3 is 4.57 Å². The molecule has 1 nitrogen and oxygen atoms in total. The lowest BCUT2D eigenvalue weighted by Crippen LogP contribution is -1.93. The van der Waals surface area contributed by atoms with Crippen molar-refractivity contribution >= 4 is 53.3 Å². The molecule has 0 radical (unpaired) electrons. The second-order valence-corrected chi connectivity index (χ2v) is 9.29. The van der Waals surface area contributed by atoms with Crippen LogP contribution in [0.2, 0.25) is 0 Å². The van der Waals surface area contributed by atoms with Crippen LogP contribution < -0.4 is 0 Å². The van der Waals surface area contributed by atoms with Gasteiger partial charge in [-0.1, -0.05) is 78.9 Å². The Hall–Kier alpha value is -3.88. The van der Waals surface area contributed by atoms with E-state index in [1.54, 1.807) is 0 Å². The predicted molar refractivity (Wildman–Crippen MR) is 139 cm³/mol. The maximum Gasteiger partial charge on any atom is 0.0634 e. The smallest absolute Gasteiger partial charge is 0.0634 e. The lowest BCUT2D eigenvalue weighted by atomic mass is 10.0. The van der Waals surface area contributed by atoms with Crippen molar-refractivity contribution < 1.29 is 0 Å². The molecule has 0 spiro atoms. The Kier molecular flexibility index (Phi) is 3.78. The van der Waals surface area contributed by atoms with E-state index < -0.39 is 0 Å². The quantitative estimate of drug-likeness (QED) is 0.261. The van der Waals surface area contributed by atoms with Gasteiger partial charge in [0.2, 0.25) is 0 Å². The highest BCUT2D eigenvalue weighted by atomic mass is 32.1. The number of fused-ring (bicyclic) bond motifs is 7. The molecular weight excluding hydrogens is 406 g/mol. The Morgan fingerprint density at radius 3 is 2.09 bits per heavy atom. The molecule has 32 heavy (non-hydrogen) atoms. The van der Waals surface area contributed by atoms with E-state index in [0.717, 1.165) is 0 Å². The molecule has 7 aromatic rings. The van der Waals surface area contributed by atoms with Gasteiger partial charge in [0.15, 0.2) is 0 Å². The Balaban J connectivity index is 1.69. The second kappa shape index (κ2) is 6.81. The average molecular weight is 426 g/mol. The van der Waals surface area contributed by atoms with E-state index in [2.05, 4.69) is 120 Å². The van der Waals surface area contributed by atoms with E-state index in [4.69, 9.17) is 0 Å². The van der Waals surface area contributed by atoms with Crippen molar-refractivity contribution in [2.24, 2.45) is 0 Å². The molecule has 2 aromatic heterocycles. The molecule has 0 atom stereocenters. The first-order valence-corrected chi connectivity index (χ1v) is 11.7. The van der Waals surface area contributed by atoms with Crippen LogP contribution in [0.15, 0.2) is 115 Å². The molecule has 0 amide bonds. The minimum atomic E-state index is 1.20. The van der Waals surface area contributed by atoms with Crippen molar-refractivity contribution in [2.75, 3.05) is 0 Å². The number of aromatic nitrogens is 1. The fraction of sp³-hybridized carbons (Fsp3) is 0. The first-order valence-electron chi connectivity index (χ1n) is 10.9. The molecule has 7 rings (SSSR count). The van der Waals surface area contributed by atoms with Gasteiger partial charge in [-0.3, -0.25) is 0 Å². The number of nitrogens with zero attached hydrogens (tertiary/aromatic N) is 1. The number of hydrogen-bond acceptors (Lipinski definition) is 1. The molecule has 2 heterocycles. The molecule has 0 aliphatic heterocycles. The Morgan fingerprint density at radius 1 is 0.500 bits per heavy atom. The summed E-state index contributed by atoms with van der Waals surface area (Å²) in [6.07, 6.45) is 0. The summed E-state index contributed by atoms with van der Waals surface area (Å²) >= 11 is 1.88. The molecule has 0 saturated carbocycles. The molecule has 0 saturated heterocycles. The van der Waals surface area contributed by atoms with Gasteiger partial charge in [-0.2, -0.15) is 0 Å². The molecular formula is C30H19NS. The van der Waals surface area contributed by atoms with Crippen LogP contribution in [0.4, 0.5) is 0 Å². The third-order valence-electron chi connectivity index (χ3n) is 6.39. The first kappa shape index (κ1) is 17.8. The van der Waals surface area contributed by atoms with Gasteiger partial charge >= 0.3 is 0 Å². The highest BCUT2D eigenvalue weighted by molar-refractivity contribution is 7.26. The highest BCUT2D eigenvalue weighted by Crippen LogP contribution is 2.43. The van der Waals surface area contributed by atoms with Crippen molar-refractivity contribution in [3.63, 3.8) is 0 Å². The monoisotopic (exact) mass is 425 g/mol. The predicted octanol–water partition coefficient (Wildman–Crippen LogP) is 8.82. The highest BCUT2D eigenvalue weighted by Gasteiger charge is 2.18. The van der Waals surface area contributed by atoms with Gasteiger partial charge in [-0.25, -0.2) is 0 Å². The summed E-state index contributed by atoms with van der Waals surface area (Å²) in [4.78, 5) is 0. The van der Waals surface area contributed by atoms with Gasteiger partial charge in [0.1, 0.15) is 0 Å². The van der Waals surface area contributed by atoms with Gasteiger partial charge in [0.05, 0.1) is 11.0 Å². The Morgan fingerprint density at radius 2 is 1.25 bits per heavy atom. The number of hydrogen-bond donors (Lipinski definition) is 0. The van der Waals surface area contributed by atoms with Crippen LogP contribution >= 0.6 is 11.3 Å². The molecule has 0 aliphatic carbocycles. The van der Waals surface area contributed by atoms with Crippen LogP contribution in [0, 0.1) is 0 Å². The van der Waals surface area contributed by atoms with Gasteiger partial charge in [0, 0.05) is 36.6 Å². The fourth-order valence-electron chi connectivity index (χ4n) is 4.97. The van der Waals surface area contributed by atoms with E-state index in [9.17, 15) is 0 Å². The maximum absolute atomic E-state index is 2.45. The van der Waals surface area contributed by atoms with Crippen molar-refractivity contribution in [3.8, 4) is 16.8 Å². The second-order valence-electron chi connectivity index (χ2n) is 8.20. The Bertz CT molecular complexity index is 1760. The lowest BCUT2D eigenvalue weighted by Gasteiger charge is -2.09. The molecule has 150 valence electrons. The van der Waals surface area contributed by atoms with Crippen molar-refractivity contribution in [3.05, 3.63) is 115 Å². The minimum Gasteiger partial charge on any atom is -0.309 e. The van der Waals surface area contributed by atoms with E-state index in [1.807, 2.05) is 11.3 Å². The SMILES string of the molecule is c1ccc(-c2ccc3c(c2)c2ccc4sc5ccccc5c4c2n3-c2ccccc2)cc1. The summed E-state index contributed by atoms with van der Waals surface area (Å²) in [5.74, 6) is 0. The molecule has 0 aliphatic rings. The summed E-state index contributed by atoms with van der Waals surface area (Å²) in [6, 6.07) is 41.7. The van der Waals surface area contributed by atoms with E-state index in [1.165, 1.54) is 58.8 Å². The zero-order valence-electron chi connectivity index (χ0n) is 17.3. The van der Waals surface area contributed by atoms with Gasteiger partial charge in [-0.15, -0.1) is 11.3 Å². The van der Waals surface area contributed by atoms with E-state index >= 15 is 0 Å². The van der Waals surface area contributed by atoms with E-state index in [0.29, 0.717) is 0 Å². The van der Waals surface area contributed by atoms with E-state index in [-0.39, 0.29) is 0 Å². The maximum atomic E-state index is 2.45. The normalized spacial score (nSPS) is 11.8. The average Bonchev–Trinajstić information content (AvgIpc) is 3.40. The van der Waals surface area contributed by atoms with Crippen LogP contribution in [0.5, 0.6) is 0 Å². The molecule has 0 unspecified atom stereocenters. The number of benzene rings is 5. The number of rotatable bonds is 2. The van der Waals surface area contributed by atoms with Gasteiger partial charge in [-0.05, 0) is 47.5 Å². The largest absolute Gasteiger partial charge is 0.309 e. The molecule has 5 aromatic carbocycles. The van der Waals surface area contributed by atoms with Crippen LogP contribution in [0.25, 0.3) is 58.8 Å². The van der Waals surface area contributed by atoms with Crippen molar-refractivity contribution in [1.82, 2.24) is 4.57 Å². The third kappa shape index (κ3) is 2.50. The van der Waals surface area contributed by atoms with Gasteiger partial charge in [0.25, 0.3) is 0 Å². The summed E-state index contributed by atoms with van der Waals surface area (Å²) < 4.78 is 5.12. The summed E-state index contributed by atoms with van der Waals surface area (Å²) in [7, 11) is 0. The molecule has 2 heteroatoms. The zero-order chi connectivity index (χ0) is 21.1. The third-order valence-corrected chi connectivity index (χ3v) is 7.52. The standard InChI is InChI=1S/C30H19NS/c1-3-9-20(10-4-1)21-15-17-26-25(19-21)23-16-18-28-29(24-13-7-8-14-27(24)32-28)30(23)31(26)22-11-5-2-6-12-22/h1-19H. The zero-order valence-corrected chi connectivity index (χ0v) is 18.1. The van der Waals surface area contributed by atoms with Crippen LogP contribution in [-0.2, 0) is 0 Å². The lowest BCUT2D eigenvalue weighted by molar-refractivity contribution is 1.19. The Labute approximate surface area is 189 Å². The number of para-hydroxylation sites is 1. The molecule has 0 N–H and O–H groups in total. The van der Waals surface area contributed by atoms with Crippen LogP contribution in [0.1, 0.15) is 0 Å². The van der Waals surface area contributed by atoms with Crippen LogP contribution in [-0.4, -0.2) is 4.57 Å².